The van der Waals surface area contributed by atoms with Crippen LogP contribution in [0.4, 0.5) is 5.82 Å². The number of nitrogens with zero attached hydrogens (tertiary/aromatic N) is 1. The van der Waals surface area contributed by atoms with Crippen molar-refractivity contribution in [3.8, 4) is 0 Å². The van der Waals surface area contributed by atoms with Crippen LogP contribution in [-0.2, 0) is 6.42 Å². The lowest BCUT2D eigenvalue weighted by Crippen LogP contribution is -2.15. The maximum atomic E-state index is 9.03. The molecule has 0 aromatic carbocycles. The number of halogens is 1. The van der Waals surface area contributed by atoms with E-state index in [1.807, 2.05) is 13.0 Å². The van der Waals surface area contributed by atoms with Crippen molar-refractivity contribution >= 4 is 18.2 Å². The molecule has 0 bridgehead atoms. The average Bonchev–Trinajstić information content (AvgIpc) is 2.27. The van der Waals surface area contributed by atoms with E-state index in [2.05, 4.69) is 16.4 Å². The van der Waals surface area contributed by atoms with Gasteiger partial charge in [0.05, 0.1) is 6.61 Å². The number of hydrogen-bond acceptors (Lipinski definition) is 3. The summed E-state index contributed by atoms with van der Waals surface area (Å²) in [4.78, 5) is 4.51. The Bertz CT molecular complexity index is 330. The van der Waals surface area contributed by atoms with Crippen molar-refractivity contribution in [3.63, 3.8) is 0 Å². The van der Waals surface area contributed by atoms with Crippen LogP contribution >= 0.6 is 12.4 Å². The molecule has 2 rings (SSSR count). The van der Waals surface area contributed by atoms with Gasteiger partial charge < -0.3 is 10.4 Å². The van der Waals surface area contributed by atoms with E-state index in [9.17, 15) is 0 Å². The maximum Gasteiger partial charge on any atom is 0.129 e. The van der Waals surface area contributed by atoms with Crippen LogP contribution in [0.15, 0.2) is 12.1 Å². The van der Waals surface area contributed by atoms with E-state index in [1.165, 1.54) is 12.0 Å². The van der Waals surface area contributed by atoms with Crippen LogP contribution in [0.5, 0.6) is 0 Å². The Morgan fingerprint density at radius 3 is 3.07 bits per heavy atom. The number of fused-ring (bicyclic) bond motifs is 1. The van der Waals surface area contributed by atoms with Gasteiger partial charge in [-0.1, -0.05) is 13.0 Å². The van der Waals surface area contributed by atoms with Crippen molar-refractivity contribution < 1.29 is 5.11 Å². The van der Waals surface area contributed by atoms with E-state index >= 15 is 0 Å². The molecule has 0 saturated carbocycles. The number of hydrogen-bond donors (Lipinski definition) is 2. The fourth-order valence-corrected chi connectivity index (χ4v) is 1.71. The highest BCUT2D eigenvalue weighted by molar-refractivity contribution is 5.85. The average molecular weight is 229 g/mol. The Morgan fingerprint density at radius 2 is 2.33 bits per heavy atom. The quantitative estimate of drug-likeness (QED) is 0.814. The van der Waals surface area contributed by atoms with E-state index in [4.69, 9.17) is 5.11 Å². The monoisotopic (exact) mass is 228 g/mol. The summed E-state index contributed by atoms with van der Waals surface area (Å²) in [6.45, 7) is 3.15. The number of nitrogens with one attached hydrogen (secondary N) is 1. The molecule has 0 radical (unpaired) electrons. The van der Waals surface area contributed by atoms with Crippen molar-refractivity contribution in [2.24, 2.45) is 0 Å². The van der Waals surface area contributed by atoms with Crippen LogP contribution in [0.2, 0.25) is 0 Å². The molecule has 1 aliphatic rings. The van der Waals surface area contributed by atoms with Gasteiger partial charge in [0, 0.05) is 18.2 Å². The van der Waals surface area contributed by atoms with Crippen LogP contribution in [0.1, 0.15) is 30.5 Å². The van der Waals surface area contributed by atoms with E-state index in [1.54, 1.807) is 0 Å². The van der Waals surface area contributed by atoms with Gasteiger partial charge in [-0.05, 0) is 24.5 Å². The van der Waals surface area contributed by atoms with Gasteiger partial charge in [0.15, 0.2) is 0 Å². The second-order valence-electron chi connectivity index (χ2n) is 3.86. The van der Waals surface area contributed by atoms with Gasteiger partial charge >= 0.3 is 0 Å². The van der Waals surface area contributed by atoms with Crippen LogP contribution in [0.3, 0.4) is 0 Å². The number of aliphatic hydroxyl groups excluding tert-OH is 1. The molecule has 0 aliphatic carbocycles. The fraction of sp³-hybridized carbons (Fsp3) is 0.545. The zero-order valence-electron chi connectivity index (χ0n) is 8.86. The Balaban J connectivity index is 0.00000112. The minimum Gasteiger partial charge on any atom is -0.396 e. The first-order valence-corrected chi connectivity index (χ1v) is 5.16. The van der Waals surface area contributed by atoms with E-state index < -0.39 is 0 Å². The molecule has 2 heterocycles. The molecule has 2 N–H and O–H groups in total. The highest BCUT2D eigenvalue weighted by atomic mass is 35.5. The number of anilines is 1. The number of pyridine rings is 1. The molecular weight excluding hydrogens is 212 g/mol. The van der Waals surface area contributed by atoms with Crippen LogP contribution < -0.4 is 5.32 Å². The van der Waals surface area contributed by atoms with Crippen molar-refractivity contribution in [2.75, 3.05) is 18.5 Å². The lowest BCUT2D eigenvalue weighted by molar-refractivity contribution is 0.271. The predicted octanol–water partition coefficient (Wildman–Crippen LogP) is 1.96. The maximum absolute atomic E-state index is 9.03. The molecule has 1 unspecified atom stereocenters. The molecular formula is C11H17ClN2O. The van der Waals surface area contributed by atoms with Crippen molar-refractivity contribution in [2.45, 2.75) is 25.7 Å². The summed E-state index contributed by atoms with van der Waals surface area (Å²) in [7, 11) is 0. The molecule has 1 atom stereocenters. The third-order valence-electron chi connectivity index (χ3n) is 2.69. The fourth-order valence-electron chi connectivity index (χ4n) is 1.71. The highest BCUT2D eigenvalue weighted by Gasteiger charge is 2.12. The first-order chi connectivity index (χ1) is 6.81. The number of aliphatic hydroxyl groups is 1. The minimum absolute atomic E-state index is 0. The molecule has 15 heavy (non-hydrogen) atoms. The van der Waals surface area contributed by atoms with Gasteiger partial charge in [-0.25, -0.2) is 4.98 Å². The molecule has 0 fully saturated rings. The van der Waals surface area contributed by atoms with Gasteiger partial charge in [0.25, 0.3) is 0 Å². The summed E-state index contributed by atoms with van der Waals surface area (Å²) in [6, 6.07) is 4.14. The topological polar surface area (TPSA) is 45.2 Å². The number of aryl methyl sites for hydroxylation is 1. The van der Waals surface area contributed by atoms with Crippen LogP contribution in [0.25, 0.3) is 0 Å². The molecule has 0 amide bonds. The predicted molar refractivity (Wildman–Crippen MR) is 63.8 cm³/mol. The molecule has 1 aromatic heterocycles. The highest BCUT2D eigenvalue weighted by Crippen LogP contribution is 2.22. The summed E-state index contributed by atoms with van der Waals surface area (Å²) in [6.07, 6.45) is 2.30. The zero-order valence-corrected chi connectivity index (χ0v) is 9.68. The van der Waals surface area contributed by atoms with E-state index in [-0.39, 0.29) is 24.9 Å². The van der Waals surface area contributed by atoms with Gasteiger partial charge in [0.1, 0.15) is 5.82 Å². The minimum atomic E-state index is 0. The lowest BCUT2D eigenvalue weighted by atomic mass is 10.0. The summed E-state index contributed by atoms with van der Waals surface area (Å²) < 4.78 is 0. The third kappa shape index (κ3) is 2.61. The van der Waals surface area contributed by atoms with Crippen molar-refractivity contribution in [1.82, 2.24) is 4.98 Å². The summed E-state index contributed by atoms with van der Waals surface area (Å²) in [5.41, 5.74) is 2.27. The normalized spacial score (nSPS) is 15.9. The molecule has 1 aromatic rings. The van der Waals surface area contributed by atoms with Gasteiger partial charge in [0.2, 0.25) is 0 Å². The first kappa shape index (κ1) is 12.3. The molecule has 1 aliphatic heterocycles. The second kappa shape index (κ2) is 5.33. The number of rotatable bonds is 2. The summed E-state index contributed by atoms with van der Waals surface area (Å²) >= 11 is 0. The molecule has 4 heteroatoms. The van der Waals surface area contributed by atoms with E-state index in [0.717, 1.165) is 24.5 Å². The third-order valence-corrected chi connectivity index (χ3v) is 2.69. The van der Waals surface area contributed by atoms with Crippen molar-refractivity contribution in [1.29, 1.82) is 0 Å². The first-order valence-electron chi connectivity index (χ1n) is 5.16. The van der Waals surface area contributed by atoms with Gasteiger partial charge in [-0.2, -0.15) is 0 Å². The molecule has 0 spiro atoms. The van der Waals surface area contributed by atoms with Gasteiger partial charge in [-0.15, -0.1) is 12.4 Å². The largest absolute Gasteiger partial charge is 0.396 e. The van der Waals surface area contributed by atoms with Crippen LogP contribution in [-0.4, -0.2) is 23.2 Å². The molecule has 3 nitrogen and oxygen atoms in total. The smallest absolute Gasteiger partial charge is 0.129 e. The zero-order chi connectivity index (χ0) is 9.97. The molecule has 84 valence electrons. The van der Waals surface area contributed by atoms with Gasteiger partial charge in [-0.3, -0.25) is 0 Å². The van der Waals surface area contributed by atoms with Crippen molar-refractivity contribution in [3.05, 3.63) is 23.4 Å². The second-order valence-corrected chi connectivity index (χ2v) is 3.86. The summed E-state index contributed by atoms with van der Waals surface area (Å²) in [5.74, 6) is 1.14. The van der Waals surface area contributed by atoms with Crippen LogP contribution in [0, 0.1) is 0 Å². The SMILES string of the molecule is CC(CO)c1ccc2c(n1)NCCC2.Cl. The Morgan fingerprint density at radius 1 is 1.53 bits per heavy atom. The van der Waals surface area contributed by atoms with E-state index in [0.29, 0.717) is 0 Å². The standard InChI is InChI=1S/C11H16N2O.ClH/c1-8(7-14)10-5-4-9-3-2-6-12-11(9)13-10;/h4-5,8,14H,2-3,6-7H2,1H3,(H,12,13);1H. The Hall–Kier alpha value is -0.800. The summed E-state index contributed by atoms with van der Waals surface area (Å²) in [5, 5.41) is 12.3. The Kier molecular flexibility index (Phi) is 4.36. The number of aromatic nitrogens is 1. The lowest BCUT2D eigenvalue weighted by Gasteiger charge is -2.18. The molecule has 0 saturated heterocycles. The Labute approximate surface area is 96.3 Å².